The van der Waals surface area contributed by atoms with Crippen LogP contribution < -0.4 is 9.62 Å². The number of aliphatic carboxylic acids is 1. The van der Waals surface area contributed by atoms with Gasteiger partial charge in [-0.2, -0.15) is 0 Å². The van der Waals surface area contributed by atoms with E-state index in [9.17, 15) is 4.79 Å². The van der Waals surface area contributed by atoms with Gasteiger partial charge in [-0.3, -0.25) is 0 Å². The van der Waals surface area contributed by atoms with E-state index in [1.807, 2.05) is 0 Å². The quantitative estimate of drug-likeness (QED) is 0.564. The van der Waals surface area contributed by atoms with Crippen LogP contribution in [-0.2, 0) is 4.79 Å². The minimum Gasteiger partial charge on any atom is -0.479 e. The summed E-state index contributed by atoms with van der Waals surface area (Å²) in [5.41, 5.74) is 0. The molecule has 0 spiro atoms. The lowest BCUT2D eigenvalue weighted by molar-refractivity contribution is -0.144. The molecule has 0 aliphatic rings. The highest BCUT2D eigenvalue weighted by Gasteiger charge is 2.12. The molecule has 14 heavy (non-hydrogen) atoms. The molecule has 1 unspecified atom stereocenters. The highest BCUT2D eigenvalue weighted by atomic mass is 17.1. The molecule has 0 fully saturated rings. The van der Waals surface area contributed by atoms with Gasteiger partial charge in [0.2, 0.25) is 0 Å². The topological polar surface area (TPSA) is 76.0 Å². The van der Waals surface area contributed by atoms with Crippen LogP contribution in [0.1, 0.15) is 6.92 Å². The molecule has 76 valence electrons. The van der Waals surface area contributed by atoms with Crippen LogP contribution in [0.2, 0.25) is 0 Å². The first-order valence-corrected chi connectivity index (χ1v) is 3.94. The maximum atomic E-state index is 10.5. The largest absolute Gasteiger partial charge is 0.479 e. The van der Waals surface area contributed by atoms with Crippen molar-refractivity contribution in [2.24, 2.45) is 0 Å². The zero-order valence-corrected chi connectivity index (χ0v) is 7.51. The van der Waals surface area contributed by atoms with Gasteiger partial charge in [0.05, 0.1) is 0 Å². The molecule has 1 atom stereocenters. The Morgan fingerprint density at radius 3 is 2.64 bits per heavy atom. The SMILES string of the molecule is CC(Oc1cccc(OO)c1)C(=O)O. The molecule has 1 aromatic carbocycles. The van der Waals surface area contributed by atoms with Crippen molar-refractivity contribution >= 4 is 5.97 Å². The summed E-state index contributed by atoms with van der Waals surface area (Å²) < 4.78 is 5.03. The third-order valence-corrected chi connectivity index (χ3v) is 1.57. The molecule has 0 aromatic heterocycles. The van der Waals surface area contributed by atoms with Gasteiger partial charge in [-0.05, 0) is 19.1 Å². The van der Waals surface area contributed by atoms with E-state index in [2.05, 4.69) is 4.89 Å². The van der Waals surface area contributed by atoms with E-state index in [0.29, 0.717) is 5.75 Å². The molecular weight excluding hydrogens is 188 g/mol. The Morgan fingerprint density at radius 1 is 1.43 bits per heavy atom. The molecule has 0 amide bonds. The Kier molecular flexibility index (Phi) is 3.30. The molecule has 0 bridgehead atoms. The fraction of sp³-hybridized carbons (Fsp3) is 0.222. The molecule has 0 saturated carbocycles. The van der Waals surface area contributed by atoms with Gasteiger partial charge < -0.3 is 14.7 Å². The molecule has 5 nitrogen and oxygen atoms in total. The summed E-state index contributed by atoms with van der Waals surface area (Å²) in [5, 5.41) is 16.9. The summed E-state index contributed by atoms with van der Waals surface area (Å²) in [4.78, 5) is 14.4. The number of ether oxygens (including phenoxy) is 1. The third kappa shape index (κ3) is 2.63. The Labute approximate surface area is 80.4 Å². The highest BCUT2D eigenvalue weighted by molar-refractivity contribution is 5.72. The molecule has 0 heterocycles. The van der Waals surface area contributed by atoms with Crippen LogP contribution in [-0.4, -0.2) is 22.4 Å². The fourth-order valence-corrected chi connectivity index (χ4v) is 0.859. The highest BCUT2D eigenvalue weighted by Crippen LogP contribution is 2.19. The number of rotatable bonds is 4. The summed E-state index contributed by atoms with van der Waals surface area (Å²) in [7, 11) is 0. The molecular formula is C9H10O5. The van der Waals surface area contributed by atoms with Gasteiger partial charge in [-0.25, -0.2) is 10.1 Å². The zero-order chi connectivity index (χ0) is 10.6. The minimum absolute atomic E-state index is 0.195. The van der Waals surface area contributed by atoms with Crippen LogP contribution in [0.15, 0.2) is 24.3 Å². The Hall–Kier alpha value is -1.75. The van der Waals surface area contributed by atoms with E-state index < -0.39 is 12.1 Å². The average Bonchev–Trinajstić information content (AvgIpc) is 2.18. The van der Waals surface area contributed by atoms with Gasteiger partial charge in [-0.1, -0.05) is 6.07 Å². The normalized spacial score (nSPS) is 11.9. The lowest BCUT2D eigenvalue weighted by Crippen LogP contribution is -2.22. The van der Waals surface area contributed by atoms with Gasteiger partial charge in [0.15, 0.2) is 11.9 Å². The van der Waals surface area contributed by atoms with Gasteiger partial charge >= 0.3 is 5.97 Å². The monoisotopic (exact) mass is 198 g/mol. The molecule has 1 aromatic rings. The van der Waals surface area contributed by atoms with Crippen molar-refractivity contribution in [2.75, 3.05) is 0 Å². The number of carbonyl (C=O) groups is 1. The van der Waals surface area contributed by atoms with Crippen molar-refractivity contribution in [3.63, 3.8) is 0 Å². The van der Waals surface area contributed by atoms with Gasteiger partial charge in [0.25, 0.3) is 0 Å². The summed E-state index contributed by atoms with van der Waals surface area (Å²) in [6.07, 6.45) is -0.941. The van der Waals surface area contributed by atoms with E-state index in [1.165, 1.54) is 19.1 Å². The molecule has 0 saturated heterocycles. The predicted octanol–water partition coefficient (Wildman–Crippen LogP) is 1.39. The second-order valence-corrected chi connectivity index (χ2v) is 2.66. The van der Waals surface area contributed by atoms with E-state index in [-0.39, 0.29) is 5.75 Å². The van der Waals surface area contributed by atoms with Crippen molar-refractivity contribution in [1.82, 2.24) is 0 Å². The zero-order valence-electron chi connectivity index (χ0n) is 7.51. The van der Waals surface area contributed by atoms with Crippen LogP contribution in [0.25, 0.3) is 0 Å². The van der Waals surface area contributed by atoms with Crippen LogP contribution in [0, 0.1) is 0 Å². The summed E-state index contributed by atoms with van der Waals surface area (Å²) >= 11 is 0. The number of hydrogen-bond donors (Lipinski definition) is 2. The van der Waals surface area contributed by atoms with Crippen molar-refractivity contribution in [3.05, 3.63) is 24.3 Å². The van der Waals surface area contributed by atoms with Crippen LogP contribution in [0.5, 0.6) is 11.5 Å². The van der Waals surface area contributed by atoms with Crippen molar-refractivity contribution < 1.29 is 24.8 Å². The first-order chi connectivity index (χ1) is 6.63. The first-order valence-electron chi connectivity index (χ1n) is 3.94. The maximum absolute atomic E-state index is 10.5. The average molecular weight is 198 g/mol. The van der Waals surface area contributed by atoms with Gasteiger partial charge in [0.1, 0.15) is 5.75 Å². The summed E-state index contributed by atoms with van der Waals surface area (Å²) in [5.74, 6) is -0.535. The van der Waals surface area contributed by atoms with Crippen LogP contribution in [0.4, 0.5) is 0 Å². The van der Waals surface area contributed by atoms with Crippen molar-refractivity contribution in [1.29, 1.82) is 0 Å². The van der Waals surface area contributed by atoms with E-state index in [1.54, 1.807) is 12.1 Å². The molecule has 0 radical (unpaired) electrons. The fourth-order valence-electron chi connectivity index (χ4n) is 0.859. The van der Waals surface area contributed by atoms with E-state index in [0.717, 1.165) is 0 Å². The number of carboxylic acid groups (broad SMARTS) is 1. The van der Waals surface area contributed by atoms with Crippen molar-refractivity contribution in [2.45, 2.75) is 13.0 Å². The number of benzene rings is 1. The lowest BCUT2D eigenvalue weighted by atomic mass is 10.3. The van der Waals surface area contributed by atoms with Gasteiger partial charge in [-0.15, -0.1) is 0 Å². The lowest BCUT2D eigenvalue weighted by Gasteiger charge is -2.10. The second kappa shape index (κ2) is 4.48. The van der Waals surface area contributed by atoms with E-state index >= 15 is 0 Å². The Morgan fingerprint density at radius 2 is 2.07 bits per heavy atom. The smallest absolute Gasteiger partial charge is 0.344 e. The standard InChI is InChI=1S/C9H10O5/c1-6(9(10)11)13-7-3-2-4-8(5-7)14-12/h2-6,12H,1H3,(H,10,11). The molecule has 0 aliphatic carbocycles. The third-order valence-electron chi connectivity index (χ3n) is 1.57. The number of hydrogen-bond acceptors (Lipinski definition) is 4. The van der Waals surface area contributed by atoms with Crippen LogP contribution in [0.3, 0.4) is 0 Å². The first kappa shape index (κ1) is 10.3. The minimum atomic E-state index is -1.06. The maximum Gasteiger partial charge on any atom is 0.344 e. The second-order valence-electron chi connectivity index (χ2n) is 2.66. The number of carboxylic acids is 1. The summed E-state index contributed by atoms with van der Waals surface area (Å²) in [6, 6.07) is 6.05. The molecule has 2 N–H and O–H groups in total. The molecule has 1 rings (SSSR count). The summed E-state index contributed by atoms with van der Waals surface area (Å²) in [6.45, 7) is 1.41. The van der Waals surface area contributed by atoms with Crippen molar-refractivity contribution in [3.8, 4) is 11.5 Å². The molecule has 5 heteroatoms. The Bertz CT molecular complexity index is 323. The predicted molar refractivity (Wildman–Crippen MR) is 47.4 cm³/mol. The molecule has 0 aliphatic heterocycles. The Balaban J connectivity index is 2.71. The van der Waals surface area contributed by atoms with Crippen LogP contribution >= 0.6 is 0 Å². The van der Waals surface area contributed by atoms with E-state index in [4.69, 9.17) is 15.1 Å². The van der Waals surface area contributed by atoms with Gasteiger partial charge in [0, 0.05) is 6.07 Å².